The Bertz CT molecular complexity index is 805. The van der Waals surface area contributed by atoms with Gasteiger partial charge in [-0.05, 0) is 42.3 Å². The van der Waals surface area contributed by atoms with Crippen LogP contribution >= 0.6 is 0 Å². The van der Waals surface area contributed by atoms with Gasteiger partial charge in [0.15, 0.2) is 6.61 Å². The predicted octanol–water partition coefficient (Wildman–Crippen LogP) is 2.91. The number of halogens is 1. The molecule has 0 aliphatic carbocycles. The Labute approximate surface area is 144 Å². The van der Waals surface area contributed by atoms with Crippen molar-refractivity contribution in [3.8, 4) is 0 Å². The second kappa shape index (κ2) is 8.58. The first-order chi connectivity index (χ1) is 12.0. The fourth-order valence-corrected chi connectivity index (χ4v) is 1.97. The number of nitrogens with one attached hydrogen (secondary N) is 1. The van der Waals surface area contributed by atoms with Crippen LogP contribution in [0.3, 0.4) is 0 Å². The molecule has 0 radical (unpaired) electrons. The van der Waals surface area contributed by atoms with Crippen LogP contribution in [-0.2, 0) is 14.4 Å². The summed E-state index contributed by atoms with van der Waals surface area (Å²) in [6, 6.07) is 10.6. The second-order valence-corrected chi connectivity index (χ2v) is 5.13. The number of oxime groups is 1. The molecule has 0 atom stereocenters. The van der Waals surface area contributed by atoms with Gasteiger partial charge in [-0.3, -0.25) is 4.79 Å². The van der Waals surface area contributed by atoms with E-state index in [-0.39, 0.29) is 12.4 Å². The summed E-state index contributed by atoms with van der Waals surface area (Å²) in [4.78, 5) is 28.3. The lowest BCUT2D eigenvalue weighted by atomic mass is 10.1. The molecule has 2 aromatic carbocycles. The maximum Gasteiger partial charge on any atom is 0.337 e. The topological polar surface area (TPSA) is 77.0 Å². The molecular formula is C18H17FN2O4. The first-order valence-corrected chi connectivity index (χ1v) is 7.39. The molecule has 0 aliphatic heterocycles. The van der Waals surface area contributed by atoms with Crippen molar-refractivity contribution < 1.29 is 23.6 Å². The number of hydrogen-bond acceptors (Lipinski definition) is 5. The van der Waals surface area contributed by atoms with Gasteiger partial charge in [0.05, 0.1) is 18.9 Å². The van der Waals surface area contributed by atoms with Crippen LogP contribution in [0.1, 0.15) is 21.5 Å². The Morgan fingerprint density at radius 3 is 2.76 bits per heavy atom. The molecule has 2 aromatic rings. The highest BCUT2D eigenvalue weighted by molar-refractivity contribution is 5.95. The van der Waals surface area contributed by atoms with Crippen molar-refractivity contribution in [2.45, 2.75) is 6.92 Å². The van der Waals surface area contributed by atoms with Crippen LogP contribution in [0.15, 0.2) is 47.6 Å². The normalized spacial score (nSPS) is 10.5. The van der Waals surface area contributed by atoms with Gasteiger partial charge in [0.25, 0.3) is 5.91 Å². The number of carbonyl (C=O) groups is 2. The van der Waals surface area contributed by atoms with Crippen molar-refractivity contribution in [2.75, 3.05) is 19.0 Å². The molecular weight excluding hydrogens is 327 g/mol. The molecule has 0 saturated heterocycles. The number of ether oxygens (including phenoxy) is 1. The molecule has 0 saturated carbocycles. The highest BCUT2D eigenvalue weighted by Crippen LogP contribution is 2.17. The van der Waals surface area contributed by atoms with Crippen molar-refractivity contribution in [1.29, 1.82) is 0 Å². The second-order valence-electron chi connectivity index (χ2n) is 5.13. The first kappa shape index (κ1) is 18.1. The minimum atomic E-state index is -0.494. The molecule has 0 spiro atoms. The van der Waals surface area contributed by atoms with E-state index in [2.05, 4.69) is 15.2 Å². The zero-order chi connectivity index (χ0) is 18.2. The minimum Gasteiger partial charge on any atom is -0.465 e. The van der Waals surface area contributed by atoms with Gasteiger partial charge >= 0.3 is 5.97 Å². The number of rotatable bonds is 6. The largest absolute Gasteiger partial charge is 0.465 e. The van der Waals surface area contributed by atoms with Gasteiger partial charge < -0.3 is 14.9 Å². The summed E-state index contributed by atoms with van der Waals surface area (Å²) in [5.41, 5.74) is 2.10. The smallest absolute Gasteiger partial charge is 0.337 e. The molecule has 0 unspecified atom stereocenters. The highest BCUT2D eigenvalue weighted by Gasteiger charge is 2.10. The zero-order valence-corrected chi connectivity index (χ0v) is 13.8. The van der Waals surface area contributed by atoms with Crippen LogP contribution in [0.25, 0.3) is 0 Å². The summed E-state index contributed by atoms with van der Waals surface area (Å²) in [5, 5.41) is 6.25. The van der Waals surface area contributed by atoms with Crippen LogP contribution in [0, 0.1) is 12.7 Å². The lowest BCUT2D eigenvalue weighted by Gasteiger charge is -2.09. The molecule has 2 rings (SSSR count). The zero-order valence-electron chi connectivity index (χ0n) is 13.8. The van der Waals surface area contributed by atoms with E-state index >= 15 is 0 Å². The predicted molar refractivity (Wildman–Crippen MR) is 91.1 cm³/mol. The Hall–Kier alpha value is -3.22. The van der Waals surface area contributed by atoms with E-state index in [1.165, 1.54) is 31.5 Å². The van der Waals surface area contributed by atoms with E-state index in [0.717, 1.165) is 5.56 Å². The molecule has 6 nitrogen and oxygen atoms in total. The third-order valence-corrected chi connectivity index (χ3v) is 3.25. The molecule has 0 bridgehead atoms. The SMILES string of the molecule is COC(=O)c1ccc(C)c(NC(=O)CO/N=C\c2cccc(F)c2)c1. The van der Waals surface area contributed by atoms with Crippen LogP contribution in [0.4, 0.5) is 10.1 Å². The number of amides is 1. The lowest BCUT2D eigenvalue weighted by molar-refractivity contribution is -0.120. The molecule has 130 valence electrons. The number of esters is 1. The average Bonchev–Trinajstić information content (AvgIpc) is 2.60. The molecule has 0 heterocycles. The van der Waals surface area contributed by atoms with E-state index in [1.54, 1.807) is 31.2 Å². The number of nitrogens with zero attached hydrogens (tertiary/aromatic N) is 1. The van der Waals surface area contributed by atoms with E-state index < -0.39 is 11.9 Å². The summed E-state index contributed by atoms with van der Waals surface area (Å²) in [5.74, 6) is -1.32. The summed E-state index contributed by atoms with van der Waals surface area (Å²) < 4.78 is 17.6. The van der Waals surface area contributed by atoms with E-state index in [1.807, 2.05) is 0 Å². The number of hydrogen-bond donors (Lipinski definition) is 1. The van der Waals surface area contributed by atoms with Gasteiger partial charge in [-0.25, -0.2) is 9.18 Å². The molecule has 1 amide bonds. The van der Waals surface area contributed by atoms with Gasteiger partial charge in [0.1, 0.15) is 5.82 Å². The molecule has 1 N–H and O–H groups in total. The lowest BCUT2D eigenvalue weighted by Crippen LogP contribution is -2.18. The van der Waals surface area contributed by atoms with Crippen molar-refractivity contribution in [3.05, 3.63) is 65.0 Å². The molecule has 0 aliphatic rings. The summed E-state index contributed by atoms with van der Waals surface area (Å²) in [7, 11) is 1.28. The fourth-order valence-electron chi connectivity index (χ4n) is 1.97. The fraction of sp³-hybridized carbons (Fsp3) is 0.167. The maximum absolute atomic E-state index is 13.0. The molecule has 25 heavy (non-hydrogen) atoms. The van der Waals surface area contributed by atoms with Crippen LogP contribution < -0.4 is 5.32 Å². The third kappa shape index (κ3) is 5.42. The van der Waals surface area contributed by atoms with Crippen molar-refractivity contribution >= 4 is 23.8 Å². The van der Waals surface area contributed by atoms with Gasteiger partial charge in [0, 0.05) is 5.69 Å². The first-order valence-electron chi connectivity index (χ1n) is 7.39. The van der Waals surface area contributed by atoms with Gasteiger partial charge in [-0.2, -0.15) is 0 Å². The Morgan fingerprint density at radius 2 is 2.04 bits per heavy atom. The van der Waals surface area contributed by atoms with Crippen molar-refractivity contribution in [2.24, 2.45) is 5.16 Å². The van der Waals surface area contributed by atoms with Crippen LogP contribution in [0.2, 0.25) is 0 Å². The summed E-state index contributed by atoms with van der Waals surface area (Å²) in [6.07, 6.45) is 1.31. The van der Waals surface area contributed by atoms with E-state index in [4.69, 9.17) is 4.84 Å². The van der Waals surface area contributed by atoms with Gasteiger partial charge in [0.2, 0.25) is 0 Å². The molecule has 0 aromatic heterocycles. The number of benzene rings is 2. The summed E-state index contributed by atoms with van der Waals surface area (Å²) >= 11 is 0. The number of methoxy groups -OCH3 is 1. The Kier molecular flexibility index (Phi) is 6.22. The van der Waals surface area contributed by atoms with Crippen molar-refractivity contribution in [3.63, 3.8) is 0 Å². The van der Waals surface area contributed by atoms with Crippen LogP contribution in [0.5, 0.6) is 0 Å². The quantitative estimate of drug-likeness (QED) is 0.497. The van der Waals surface area contributed by atoms with Crippen molar-refractivity contribution in [1.82, 2.24) is 0 Å². The minimum absolute atomic E-state index is 0.326. The number of aryl methyl sites for hydroxylation is 1. The Balaban J connectivity index is 1.91. The molecule has 0 fully saturated rings. The van der Waals surface area contributed by atoms with Crippen LogP contribution in [-0.4, -0.2) is 31.8 Å². The highest BCUT2D eigenvalue weighted by atomic mass is 19.1. The van der Waals surface area contributed by atoms with E-state index in [0.29, 0.717) is 16.8 Å². The maximum atomic E-state index is 13.0. The monoisotopic (exact) mass is 344 g/mol. The summed E-state index contributed by atoms with van der Waals surface area (Å²) in [6.45, 7) is 1.47. The molecule has 7 heteroatoms. The Morgan fingerprint density at radius 1 is 1.24 bits per heavy atom. The average molecular weight is 344 g/mol. The van der Waals surface area contributed by atoms with Gasteiger partial charge in [-0.15, -0.1) is 0 Å². The number of anilines is 1. The standard InChI is InChI=1S/C18H17FN2O4/c1-12-6-7-14(18(23)24-2)9-16(12)21-17(22)11-25-20-10-13-4-3-5-15(19)8-13/h3-10H,11H2,1-2H3,(H,21,22)/b20-10-. The van der Waals surface area contributed by atoms with Gasteiger partial charge in [-0.1, -0.05) is 23.4 Å². The number of carbonyl (C=O) groups excluding carboxylic acids is 2. The third-order valence-electron chi connectivity index (χ3n) is 3.25. The van der Waals surface area contributed by atoms with E-state index in [9.17, 15) is 14.0 Å².